The third-order valence-electron chi connectivity index (χ3n) is 2.68. The summed E-state index contributed by atoms with van der Waals surface area (Å²) in [6.45, 7) is 1.05. The molecule has 0 bridgehead atoms. The van der Waals surface area contributed by atoms with Gasteiger partial charge in [-0.2, -0.15) is 0 Å². The number of ether oxygens (including phenoxy) is 1. The van der Waals surface area contributed by atoms with Crippen molar-refractivity contribution in [2.75, 3.05) is 7.11 Å². The number of methoxy groups -OCH3 is 1. The topological polar surface area (TPSA) is 34.1 Å². The van der Waals surface area contributed by atoms with E-state index in [0.717, 1.165) is 11.1 Å². The number of hydrogen-bond acceptors (Lipinski definition) is 3. The molecule has 0 saturated carbocycles. The Hall–Kier alpha value is -1.65. The van der Waals surface area contributed by atoms with E-state index in [2.05, 4.69) is 10.3 Å². The normalized spacial score (nSPS) is 10.5. The van der Waals surface area contributed by atoms with Crippen molar-refractivity contribution in [1.82, 2.24) is 10.3 Å². The fraction of sp³-hybridized carbons (Fsp3) is 0.214. The lowest BCUT2D eigenvalue weighted by Crippen LogP contribution is -2.14. The van der Waals surface area contributed by atoms with E-state index >= 15 is 0 Å². The summed E-state index contributed by atoms with van der Waals surface area (Å²) >= 11 is 5.99. The van der Waals surface area contributed by atoms with Crippen LogP contribution in [0.1, 0.15) is 11.1 Å². The Labute approximate surface area is 116 Å². The molecule has 0 saturated heterocycles. The van der Waals surface area contributed by atoms with Gasteiger partial charge in [-0.3, -0.25) is 0 Å². The molecule has 5 heteroatoms. The van der Waals surface area contributed by atoms with Crippen molar-refractivity contribution >= 4 is 11.6 Å². The fourth-order valence-electron chi connectivity index (χ4n) is 1.75. The highest BCUT2D eigenvalue weighted by molar-refractivity contribution is 6.31. The quantitative estimate of drug-likeness (QED) is 0.913. The third kappa shape index (κ3) is 3.66. The zero-order chi connectivity index (χ0) is 13.7. The molecule has 0 unspecified atom stereocenters. The molecule has 0 spiro atoms. The zero-order valence-corrected chi connectivity index (χ0v) is 11.2. The number of nitrogens with zero attached hydrogens (tertiary/aromatic N) is 1. The Morgan fingerprint density at radius 1 is 1.26 bits per heavy atom. The van der Waals surface area contributed by atoms with Crippen LogP contribution in [0.25, 0.3) is 0 Å². The van der Waals surface area contributed by atoms with E-state index in [4.69, 9.17) is 16.3 Å². The third-order valence-corrected chi connectivity index (χ3v) is 3.05. The van der Waals surface area contributed by atoms with Gasteiger partial charge in [0.15, 0.2) is 0 Å². The van der Waals surface area contributed by atoms with Gasteiger partial charge < -0.3 is 10.1 Å². The molecule has 0 aliphatic rings. The van der Waals surface area contributed by atoms with Gasteiger partial charge in [-0.15, -0.1) is 0 Å². The van der Waals surface area contributed by atoms with Crippen molar-refractivity contribution in [3.8, 4) is 5.88 Å². The highest BCUT2D eigenvalue weighted by atomic mass is 35.5. The van der Waals surface area contributed by atoms with Crippen LogP contribution >= 0.6 is 11.6 Å². The number of benzene rings is 1. The molecule has 2 aromatic rings. The molecular formula is C14H14ClFN2O. The molecule has 1 N–H and O–H groups in total. The molecule has 0 aliphatic carbocycles. The number of halogens is 2. The molecule has 1 aromatic carbocycles. The first-order valence-corrected chi connectivity index (χ1v) is 6.21. The van der Waals surface area contributed by atoms with Crippen LogP contribution in [0.2, 0.25) is 5.02 Å². The van der Waals surface area contributed by atoms with Crippen LogP contribution in [0.15, 0.2) is 36.5 Å². The first-order valence-electron chi connectivity index (χ1n) is 5.83. The lowest BCUT2D eigenvalue weighted by atomic mass is 10.2. The minimum absolute atomic E-state index is 0.292. The van der Waals surface area contributed by atoms with E-state index in [9.17, 15) is 4.39 Å². The smallest absolute Gasteiger partial charge is 0.217 e. The van der Waals surface area contributed by atoms with Crippen LogP contribution in [-0.2, 0) is 13.1 Å². The average molecular weight is 281 g/mol. The maximum atomic E-state index is 13.1. The SMILES string of the molecule is COc1ncccc1CNCc1cc(F)ccc1Cl. The van der Waals surface area contributed by atoms with Crippen LogP contribution in [-0.4, -0.2) is 12.1 Å². The Morgan fingerprint density at radius 2 is 2.05 bits per heavy atom. The van der Waals surface area contributed by atoms with E-state index in [1.165, 1.54) is 12.1 Å². The van der Waals surface area contributed by atoms with Gasteiger partial charge in [0.25, 0.3) is 0 Å². The minimum atomic E-state index is -0.292. The van der Waals surface area contributed by atoms with Gasteiger partial charge in [0.05, 0.1) is 7.11 Å². The van der Waals surface area contributed by atoms with Crippen LogP contribution in [0.5, 0.6) is 5.88 Å². The van der Waals surface area contributed by atoms with Gasteiger partial charge in [0.1, 0.15) is 5.82 Å². The van der Waals surface area contributed by atoms with E-state index in [-0.39, 0.29) is 5.82 Å². The highest BCUT2D eigenvalue weighted by Gasteiger charge is 2.05. The summed E-state index contributed by atoms with van der Waals surface area (Å²) in [6.07, 6.45) is 1.67. The molecule has 0 radical (unpaired) electrons. The van der Waals surface area contributed by atoms with Crippen LogP contribution in [0.4, 0.5) is 4.39 Å². The molecule has 1 aromatic heterocycles. The second-order valence-corrected chi connectivity index (χ2v) is 4.42. The van der Waals surface area contributed by atoms with Gasteiger partial charge >= 0.3 is 0 Å². The van der Waals surface area contributed by atoms with Crippen LogP contribution < -0.4 is 10.1 Å². The van der Waals surface area contributed by atoms with E-state index in [1.807, 2.05) is 12.1 Å². The first kappa shape index (κ1) is 13.8. The van der Waals surface area contributed by atoms with E-state index in [0.29, 0.717) is 24.0 Å². The van der Waals surface area contributed by atoms with Crippen molar-refractivity contribution in [2.45, 2.75) is 13.1 Å². The number of pyridine rings is 1. The van der Waals surface area contributed by atoms with Gasteiger partial charge in [-0.1, -0.05) is 17.7 Å². The summed E-state index contributed by atoms with van der Waals surface area (Å²) in [5.41, 5.74) is 1.67. The lowest BCUT2D eigenvalue weighted by molar-refractivity contribution is 0.390. The summed E-state index contributed by atoms with van der Waals surface area (Å²) in [5, 5.41) is 3.74. The molecular weight excluding hydrogens is 267 g/mol. The zero-order valence-electron chi connectivity index (χ0n) is 10.5. The highest BCUT2D eigenvalue weighted by Crippen LogP contribution is 2.18. The van der Waals surface area contributed by atoms with E-state index in [1.54, 1.807) is 19.4 Å². The Kier molecular flexibility index (Phi) is 4.71. The Bertz CT molecular complexity index is 563. The summed E-state index contributed by atoms with van der Waals surface area (Å²) in [6, 6.07) is 8.09. The maximum absolute atomic E-state index is 13.1. The molecule has 1 heterocycles. The predicted molar refractivity (Wildman–Crippen MR) is 72.7 cm³/mol. The molecule has 0 fully saturated rings. The summed E-state index contributed by atoms with van der Waals surface area (Å²) in [5.74, 6) is 0.292. The van der Waals surface area contributed by atoms with Crippen LogP contribution in [0.3, 0.4) is 0 Å². The standard InChI is InChI=1S/C14H14ClFN2O/c1-19-14-10(3-2-6-18-14)8-17-9-11-7-12(16)4-5-13(11)15/h2-7,17H,8-9H2,1H3. The molecule has 3 nitrogen and oxygen atoms in total. The predicted octanol–water partition coefficient (Wildman–Crippen LogP) is 3.17. The number of hydrogen-bond donors (Lipinski definition) is 1. The Balaban J connectivity index is 1.98. The first-order chi connectivity index (χ1) is 9.20. The fourth-order valence-corrected chi connectivity index (χ4v) is 1.94. The number of rotatable bonds is 5. The monoisotopic (exact) mass is 280 g/mol. The lowest BCUT2D eigenvalue weighted by Gasteiger charge is -2.09. The Morgan fingerprint density at radius 3 is 2.84 bits per heavy atom. The van der Waals surface area contributed by atoms with Gasteiger partial charge in [0, 0.05) is 29.9 Å². The number of nitrogens with one attached hydrogen (secondary N) is 1. The van der Waals surface area contributed by atoms with Crippen molar-refractivity contribution < 1.29 is 9.13 Å². The van der Waals surface area contributed by atoms with Gasteiger partial charge in [-0.05, 0) is 29.8 Å². The summed E-state index contributed by atoms with van der Waals surface area (Å²) < 4.78 is 18.3. The average Bonchev–Trinajstić information content (AvgIpc) is 2.43. The largest absolute Gasteiger partial charge is 0.481 e. The molecule has 19 heavy (non-hydrogen) atoms. The molecule has 0 aliphatic heterocycles. The molecule has 100 valence electrons. The van der Waals surface area contributed by atoms with Crippen molar-refractivity contribution in [1.29, 1.82) is 0 Å². The molecule has 2 rings (SSSR count). The molecule has 0 atom stereocenters. The summed E-state index contributed by atoms with van der Waals surface area (Å²) in [4.78, 5) is 4.11. The van der Waals surface area contributed by atoms with Crippen molar-refractivity contribution in [2.24, 2.45) is 0 Å². The number of aromatic nitrogens is 1. The summed E-state index contributed by atoms with van der Waals surface area (Å²) in [7, 11) is 1.58. The minimum Gasteiger partial charge on any atom is -0.481 e. The second kappa shape index (κ2) is 6.50. The van der Waals surface area contributed by atoms with Crippen LogP contribution in [0, 0.1) is 5.82 Å². The maximum Gasteiger partial charge on any atom is 0.217 e. The van der Waals surface area contributed by atoms with Gasteiger partial charge in [-0.25, -0.2) is 9.37 Å². The van der Waals surface area contributed by atoms with Crippen molar-refractivity contribution in [3.05, 3.63) is 58.5 Å². The van der Waals surface area contributed by atoms with Gasteiger partial charge in [0.2, 0.25) is 5.88 Å². The second-order valence-electron chi connectivity index (χ2n) is 4.01. The van der Waals surface area contributed by atoms with E-state index < -0.39 is 0 Å². The molecule has 0 amide bonds. The van der Waals surface area contributed by atoms with Crippen molar-refractivity contribution in [3.63, 3.8) is 0 Å².